The second kappa shape index (κ2) is 8.20. The van der Waals surface area contributed by atoms with E-state index in [0.29, 0.717) is 19.4 Å². The van der Waals surface area contributed by atoms with Crippen LogP contribution in [0, 0.1) is 27.7 Å². The van der Waals surface area contributed by atoms with Crippen molar-refractivity contribution in [1.29, 1.82) is 0 Å². The van der Waals surface area contributed by atoms with Gasteiger partial charge < -0.3 is 9.47 Å². The first-order valence-electron chi connectivity index (χ1n) is 9.12. The van der Waals surface area contributed by atoms with E-state index < -0.39 is 0 Å². The number of rotatable bonds is 7. The molecule has 0 saturated heterocycles. The van der Waals surface area contributed by atoms with Gasteiger partial charge in [0, 0.05) is 23.9 Å². The fourth-order valence-corrected chi connectivity index (χ4v) is 3.13. The first kappa shape index (κ1) is 18.9. The van der Waals surface area contributed by atoms with Gasteiger partial charge in [0.25, 0.3) is 0 Å². The highest BCUT2D eigenvalue weighted by molar-refractivity contribution is 5.69. The van der Waals surface area contributed by atoms with Crippen molar-refractivity contribution in [2.24, 2.45) is 0 Å². The highest BCUT2D eigenvalue weighted by atomic mass is 16.6. The number of benzene rings is 1. The molecule has 6 nitrogen and oxygen atoms in total. The van der Waals surface area contributed by atoms with E-state index in [2.05, 4.69) is 10.1 Å². The number of fused-ring (bicyclic) bond motifs is 1. The average molecular weight is 367 g/mol. The zero-order chi connectivity index (χ0) is 19.4. The van der Waals surface area contributed by atoms with Crippen molar-refractivity contribution in [3.8, 4) is 5.75 Å². The Morgan fingerprint density at radius 2 is 1.89 bits per heavy atom. The van der Waals surface area contributed by atoms with Crippen LogP contribution in [0.25, 0.3) is 5.65 Å². The van der Waals surface area contributed by atoms with Crippen LogP contribution in [0.5, 0.6) is 5.75 Å². The van der Waals surface area contributed by atoms with Crippen LogP contribution in [0.4, 0.5) is 0 Å². The summed E-state index contributed by atoms with van der Waals surface area (Å²) < 4.78 is 12.8. The molecule has 0 saturated carbocycles. The maximum atomic E-state index is 12.1. The van der Waals surface area contributed by atoms with E-state index in [0.717, 1.165) is 39.6 Å². The van der Waals surface area contributed by atoms with E-state index in [1.165, 1.54) is 0 Å². The third-order valence-corrected chi connectivity index (χ3v) is 4.56. The lowest BCUT2D eigenvalue weighted by atomic mass is 10.1. The summed E-state index contributed by atoms with van der Waals surface area (Å²) in [6.45, 7) is 8.48. The number of hydrogen-bond donors (Lipinski definition) is 0. The SMILES string of the molecule is Cc1cc2nc(C)c(CCC(=O)OCCOc3ccccc3C)c(C)n2n1. The van der Waals surface area contributed by atoms with Crippen LogP contribution in [0.2, 0.25) is 0 Å². The van der Waals surface area contributed by atoms with Gasteiger partial charge in [-0.3, -0.25) is 4.79 Å². The van der Waals surface area contributed by atoms with E-state index in [-0.39, 0.29) is 12.6 Å². The molecular formula is C21H25N3O3. The molecule has 0 N–H and O–H groups in total. The first-order chi connectivity index (χ1) is 13.0. The number of aryl methyl sites for hydroxylation is 4. The smallest absolute Gasteiger partial charge is 0.306 e. The Morgan fingerprint density at radius 1 is 1.11 bits per heavy atom. The van der Waals surface area contributed by atoms with Crippen LogP contribution in [-0.2, 0) is 16.0 Å². The van der Waals surface area contributed by atoms with Gasteiger partial charge in [-0.1, -0.05) is 18.2 Å². The molecule has 6 heteroatoms. The third-order valence-electron chi connectivity index (χ3n) is 4.56. The lowest BCUT2D eigenvalue weighted by Crippen LogP contribution is -2.14. The van der Waals surface area contributed by atoms with Crippen molar-refractivity contribution in [2.45, 2.75) is 40.5 Å². The van der Waals surface area contributed by atoms with Gasteiger partial charge in [0.15, 0.2) is 5.65 Å². The maximum absolute atomic E-state index is 12.1. The molecular weight excluding hydrogens is 342 g/mol. The topological polar surface area (TPSA) is 65.7 Å². The molecule has 3 rings (SSSR count). The van der Waals surface area contributed by atoms with Crippen molar-refractivity contribution < 1.29 is 14.3 Å². The van der Waals surface area contributed by atoms with E-state index in [1.54, 1.807) is 0 Å². The molecule has 0 fully saturated rings. The fourth-order valence-electron chi connectivity index (χ4n) is 3.13. The molecule has 0 amide bonds. The summed E-state index contributed by atoms with van der Waals surface area (Å²) in [6.07, 6.45) is 0.885. The van der Waals surface area contributed by atoms with Gasteiger partial charge in [-0.15, -0.1) is 0 Å². The largest absolute Gasteiger partial charge is 0.490 e. The van der Waals surface area contributed by atoms with Crippen molar-refractivity contribution in [3.63, 3.8) is 0 Å². The first-order valence-corrected chi connectivity index (χ1v) is 9.12. The maximum Gasteiger partial charge on any atom is 0.306 e. The summed E-state index contributed by atoms with van der Waals surface area (Å²) in [6, 6.07) is 9.72. The normalized spacial score (nSPS) is 11.0. The summed E-state index contributed by atoms with van der Waals surface area (Å²) >= 11 is 0. The van der Waals surface area contributed by atoms with Crippen LogP contribution in [0.3, 0.4) is 0 Å². The van der Waals surface area contributed by atoms with Gasteiger partial charge >= 0.3 is 5.97 Å². The van der Waals surface area contributed by atoms with E-state index >= 15 is 0 Å². The fraction of sp³-hybridized carbons (Fsp3) is 0.381. The number of para-hydroxylation sites is 1. The minimum atomic E-state index is -0.237. The predicted molar refractivity (Wildman–Crippen MR) is 103 cm³/mol. The molecule has 2 aromatic heterocycles. The molecule has 3 aromatic rings. The lowest BCUT2D eigenvalue weighted by Gasteiger charge is -2.11. The molecule has 27 heavy (non-hydrogen) atoms. The number of carbonyl (C=O) groups excluding carboxylic acids is 1. The second-order valence-electron chi connectivity index (χ2n) is 6.65. The zero-order valence-electron chi connectivity index (χ0n) is 16.3. The second-order valence-corrected chi connectivity index (χ2v) is 6.65. The third kappa shape index (κ3) is 4.45. The Hall–Kier alpha value is -2.89. The Labute approximate surface area is 159 Å². The number of nitrogens with zero attached hydrogens (tertiary/aromatic N) is 3. The molecule has 0 spiro atoms. The number of ether oxygens (including phenoxy) is 2. The summed E-state index contributed by atoms with van der Waals surface area (Å²) in [4.78, 5) is 16.6. The molecule has 1 aromatic carbocycles. The quantitative estimate of drug-likeness (QED) is 0.472. The van der Waals surface area contributed by atoms with Crippen LogP contribution in [0.1, 0.15) is 34.6 Å². The van der Waals surface area contributed by atoms with Gasteiger partial charge in [0.2, 0.25) is 0 Å². The van der Waals surface area contributed by atoms with E-state index in [4.69, 9.17) is 9.47 Å². The van der Waals surface area contributed by atoms with Crippen molar-refractivity contribution in [3.05, 3.63) is 58.5 Å². The number of hydrogen-bond acceptors (Lipinski definition) is 5. The summed E-state index contributed by atoms with van der Waals surface area (Å²) in [5, 5.41) is 4.46. The molecule has 0 aliphatic heterocycles. The van der Waals surface area contributed by atoms with Crippen LogP contribution in [-0.4, -0.2) is 33.8 Å². The molecule has 142 valence electrons. The molecule has 0 bridgehead atoms. The molecule has 0 radical (unpaired) electrons. The monoisotopic (exact) mass is 367 g/mol. The highest BCUT2D eigenvalue weighted by Crippen LogP contribution is 2.18. The van der Waals surface area contributed by atoms with Gasteiger partial charge in [-0.2, -0.15) is 5.10 Å². The number of carbonyl (C=O) groups is 1. The Kier molecular flexibility index (Phi) is 5.74. The predicted octanol–water partition coefficient (Wildman–Crippen LogP) is 3.52. The van der Waals surface area contributed by atoms with Crippen molar-refractivity contribution in [1.82, 2.24) is 14.6 Å². The Morgan fingerprint density at radius 3 is 2.67 bits per heavy atom. The van der Waals surface area contributed by atoms with E-state index in [9.17, 15) is 4.79 Å². The summed E-state index contributed by atoms with van der Waals surface area (Å²) in [7, 11) is 0. The average Bonchev–Trinajstić information content (AvgIpc) is 3.00. The summed E-state index contributed by atoms with van der Waals surface area (Å²) in [5.74, 6) is 0.576. The van der Waals surface area contributed by atoms with Crippen molar-refractivity contribution >= 4 is 11.6 Å². The van der Waals surface area contributed by atoms with E-state index in [1.807, 2.05) is 62.5 Å². The minimum absolute atomic E-state index is 0.237. The molecule has 2 heterocycles. The number of esters is 1. The Bertz CT molecular complexity index is 963. The Balaban J connectivity index is 1.51. The molecule has 0 aliphatic rings. The van der Waals surface area contributed by atoms with Crippen LogP contribution < -0.4 is 4.74 Å². The van der Waals surface area contributed by atoms with Crippen LogP contribution in [0.15, 0.2) is 30.3 Å². The molecule has 0 atom stereocenters. The number of aromatic nitrogens is 3. The highest BCUT2D eigenvalue weighted by Gasteiger charge is 2.13. The minimum Gasteiger partial charge on any atom is -0.490 e. The lowest BCUT2D eigenvalue weighted by molar-refractivity contribution is -0.144. The zero-order valence-corrected chi connectivity index (χ0v) is 16.3. The van der Waals surface area contributed by atoms with Gasteiger partial charge in [0.05, 0.1) is 5.69 Å². The van der Waals surface area contributed by atoms with Gasteiger partial charge in [0.1, 0.15) is 19.0 Å². The molecule has 0 aliphatic carbocycles. The summed E-state index contributed by atoms with van der Waals surface area (Å²) in [5.41, 5.74) is 5.81. The van der Waals surface area contributed by atoms with Crippen molar-refractivity contribution in [2.75, 3.05) is 13.2 Å². The molecule has 0 unspecified atom stereocenters. The van der Waals surface area contributed by atoms with Crippen LogP contribution >= 0.6 is 0 Å². The standard InChI is InChI=1S/C21H25N3O3/c1-14-7-5-6-8-19(14)26-11-12-27-21(25)10-9-18-16(3)22-20-13-15(2)23-24(20)17(18)4/h5-8,13H,9-12H2,1-4H3. The van der Waals surface area contributed by atoms with Gasteiger partial charge in [-0.25, -0.2) is 9.50 Å². The van der Waals surface area contributed by atoms with Gasteiger partial charge in [-0.05, 0) is 51.3 Å².